The maximum absolute atomic E-state index is 12.5. The highest BCUT2D eigenvalue weighted by Gasteiger charge is 2.30. The van der Waals surface area contributed by atoms with Gasteiger partial charge in [-0.25, -0.2) is 5.01 Å². The monoisotopic (exact) mass is 318 g/mol. The molecule has 2 aromatic rings. The van der Waals surface area contributed by atoms with E-state index in [-0.39, 0.29) is 18.9 Å². The van der Waals surface area contributed by atoms with E-state index in [9.17, 15) is 18.0 Å². The fourth-order valence-electron chi connectivity index (χ4n) is 2.36. The number of amides is 1. The molecule has 0 atom stereocenters. The van der Waals surface area contributed by atoms with Gasteiger partial charge >= 0.3 is 6.18 Å². The average Bonchev–Trinajstić information content (AvgIpc) is 2.89. The zero-order valence-electron chi connectivity index (χ0n) is 12.0. The molecule has 23 heavy (non-hydrogen) atoms. The van der Waals surface area contributed by atoms with Gasteiger partial charge in [0, 0.05) is 0 Å². The summed E-state index contributed by atoms with van der Waals surface area (Å²) in [6.45, 7) is 0.160. The largest absolute Gasteiger partial charge is 0.416 e. The highest BCUT2D eigenvalue weighted by atomic mass is 19.4. The van der Waals surface area contributed by atoms with Crippen LogP contribution in [0.5, 0.6) is 0 Å². The van der Waals surface area contributed by atoms with Gasteiger partial charge in [-0.15, -0.1) is 0 Å². The van der Waals surface area contributed by atoms with E-state index in [1.54, 1.807) is 0 Å². The van der Waals surface area contributed by atoms with E-state index >= 15 is 0 Å². The summed E-state index contributed by atoms with van der Waals surface area (Å²) in [5.74, 6) is -0.163. The molecule has 1 aliphatic heterocycles. The van der Waals surface area contributed by atoms with Crippen LogP contribution in [-0.2, 0) is 17.5 Å². The summed E-state index contributed by atoms with van der Waals surface area (Å²) in [6, 6.07) is 14.1. The van der Waals surface area contributed by atoms with Crippen LogP contribution in [0.1, 0.15) is 23.1 Å². The Labute approximate surface area is 131 Å². The van der Waals surface area contributed by atoms with Crippen LogP contribution in [0.15, 0.2) is 59.7 Å². The third-order valence-corrected chi connectivity index (χ3v) is 3.57. The van der Waals surface area contributed by atoms with Crippen LogP contribution in [0, 0.1) is 0 Å². The zero-order chi connectivity index (χ0) is 16.4. The Kier molecular flexibility index (Phi) is 3.90. The van der Waals surface area contributed by atoms with Gasteiger partial charge in [0.15, 0.2) is 0 Å². The van der Waals surface area contributed by atoms with Crippen LogP contribution < -0.4 is 0 Å². The highest BCUT2D eigenvalue weighted by molar-refractivity contribution is 6.13. The molecule has 118 valence electrons. The molecular formula is C17H13F3N2O. The molecule has 0 saturated carbocycles. The smallest absolute Gasteiger partial charge is 0.272 e. The van der Waals surface area contributed by atoms with E-state index in [1.165, 1.54) is 17.1 Å². The Morgan fingerprint density at radius 3 is 2.26 bits per heavy atom. The van der Waals surface area contributed by atoms with Gasteiger partial charge in [-0.1, -0.05) is 42.5 Å². The molecule has 6 heteroatoms. The van der Waals surface area contributed by atoms with Gasteiger partial charge in [0.05, 0.1) is 24.2 Å². The Morgan fingerprint density at radius 1 is 1.00 bits per heavy atom. The zero-order valence-corrected chi connectivity index (χ0v) is 12.0. The second-order valence-corrected chi connectivity index (χ2v) is 5.24. The predicted octanol–water partition coefficient (Wildman–Crippen LogP) is 3.84. The number of carbonyl (C=O) groups is 1. The Balaban J connectivity index is 1.75. The van der Waals surface area contributed by atoms with Gasteiger partial charge in [0.25, 0.3) is 0 Å². The number of hydrogen-bond acceptors (Lipinski definition) is 2. The lowest BCUT2D eigenvalue weighted by atomic mass is 10.1. The summed E-state index contributed by atoms with van der Waals surface area (Å²) in [7, 11) is 0. The van der Waals surface area contributed by atoms with Gasteiger partial charge in [-0.05, 0) is 23.3 Å². The first-order valence-corrected chi connectivity index (χ1v) is 7.03. The molecule has 0 bridgehead atoms. The highest BCUT2D eigenvalue weighted by Crippen LogP contribution is 2.29. The first-order chi connectivity index (χ1) is 10.9. The van der Waals surface area contributed by atoms with E-state index in [0.717, 1.165) is 17.7 Å². The van der Waals surface area contributed by atoms with Gasteiger partial charge in [-0.3, -0.25) is 4.79 Å². The second kappa shape index (κ2) is 5.87. The second-order valence-electron chi connectivity index (χ2n) is 5.24. The van der Waals surface area contributed by atoms with Crippen LogP contribution in [0.25, 0.3) is 0 Å². The van der Waals surface area contributed by atoms with Crippen molar-refractivity contribution in [1.29, 1.82) is 0 Å². The molecule has 0 aliphatic carbocycles. The van der Waals surface area contributed by atoms with Crippen molar-refractivity contribution in [3.05, 3.63) is 71.3 Å². The topological polar surface area (TPSA) is 32.7 Å². The maximum atomic E-state index is 12.5. The fraction of sp³-hybridized carbons (Fsp3) is 0.176. The van der Waals surface area contributed by atoms with Crippen LogP contribution >= 0.6 is 0 Å². The molecular weight excluding hydrogens is 305 g/mol. The standard InChI is InChI=1S/C17H13F3N2O/c18-17(19,20)14-8-6-12(7-9-14)11-22-16(23)10-15(21-22)13-4-2-1-3-5-13/h1-9H,10-11H2. The number of nitrogens with zero attached hydrogens (tertiary/aromatic N) is 2. The SMILES string of the molecule is O=C1CC(c2ccccc2)=NN1Cc1ccc(C(F)(F)F)cc1. The third kappa shape index (κ3) is 3.41. The summed E-state index contributed by atoms with van der Waals surface area (Å²) in [5, 5.41) is 5.58. The van der Waals surface area contributed by atoms with Crippen molar-refractivity contribution in [1.82, 2.24) is 5.01 Å². The molecule has 1 aliphatic rings. The van der Waals surface area contributed by atoms with Crippen molar-refractivity contribution in [3.8, 4) is 0 Å². The molecule has 0 aromatic heterocycles. The lowest BCUT2D eigenvalue weighted by Crippen LogP contribution is -2.20. The maximum Gasteiger partial charge on any atom is 0.416 e. The van der Waals surface area contributed by atoms with Gasteiger partial charge < -0.3 is 0 Å². The summed E-state index contributed by atoms with van der Waals surface area (Å²) in [6.07, 6.45) is -4.16. The number of carbonyl (C=O) groups excluding carboxylic acids is 1. The minimum atomic E-state index is -4.36. The Morgan fingerprint density at radius 2 is 1.65 bits per heavy atom. The van der Waals surface area contributed by atoms with E-state index in [2.05, 4.69) is 5.10 Å². The average molecular weight is 318 g/mol. The van der Waals surface area contributed by atoms with E-state index < -0.39 is 11.7 Å². The van der Waals surface area contributed by atoms with Crippen molar-refractivity contribution in [2.45, 2.75) is 19.1 Å². The minimum absolute atomic E-state index is 0.160. The molecule has 0 spiro atoms. The van der Waals surface area contributed by atoms with Crippen molar-refractivity contribution < 1.29 is 18.0 Å². The predicted molar refractivity (Wildman–Crippen MR) is 79.6 cm³/mol. The van der Waals surface area contributed by atoms with Crippen molar-refractivity contribution >= 4 is 11.6 Å². The molecule has 0 saturated heterocycles. The van der Waals surface area contributed by atoms with Crippen molar-refractivity contribution in [2.75, 3.05) is 0 Å². The molecule has 0 unspecified atom stereocenters. The third-order valence-electron chi connectivity index (χ3n) is 3.57. The lowest BCUT2D eigenvalue weighted by Gasteiger charge is -2.12. The van der Waals surface area contributed by atoms with Gasteiger partial charge in [0.2, 0.25) is 5.91 Å². The first kappa shape index (κ1) is 15.3. The molecule has 0 N–H and O–H groups in total. The number of hydrogen-bond donors (Lipinski definition) is 0. The van der Waals surface area contributed by atoms with E-state index in [4.69, 9.17) is 0 Å². The number of halogens is 3. The van der Waals surface area contributed by atoms with Crippen LogP contribution in [0.2, 0.25) is 0 Å². The number of alkyl halides is 3. The quantitative estimate of drug-likeness (QED) is 0.846. The summed E-state index contributed by atoms with van der Waals surface area (Å²) >= 11 is 0. The summed E-state index contributed by atoms with van der Waals surface area (Å²) in [5.41, 5.74) is 1.44. The molecule has 2 aromatic carbocycles. The number of hydrazone groups is 1. The lowest BCUT2D eigenvalue weighted by molar-refractivity contribution is -0.137. The molecule has 3 rings (SSSR count). The normalized spacial score (nSPS) is 15.0. The van der Waals surface area contributed by atoms with Crippen molar-refractivity contribution in [3.63, 3.8) is 0 Å². The Hall–Kier alpha value is -2.63. The van der Waals surface area contributed by atoms with Crippen LogP contribution in [0.4, 0.5) is 13.2 Å². The molecule has 0 fully saturated rings. The molecule has 1 heterocycles. The van der Waals surface area contributed by atoms with Crippen molar-refractivity contribution in [2.24, 2.45) is 5.10 Å². The van der Waals surface area contributed by atoms with Gasteiger partial charge in [0.1, 0.15) is 0 Å². The Bertz CT molecular complexity index is 737. The summed E-state index contributed by atoms with van der Waals surface area (Å²) in [4.78, 5) is 12.0. The van der Waals surface area contributed by atoms with Crippen LogP contribution in [0.3, 0.4) is 0 Å². The van der Waals surface area contributed by atoms with Crippen LogP contribution in [-0.4, -0.2) is 16.6 Å². The van der Waals surface area contributed by atoms with E-state index in [0.29, 0.717) is 11.3 Å². The molecule has 1 amide bonds. The molecule has 0 radical (unpaired) electrons. The van der Waals surface area contributed by atoms with E-state index in [1.807, 2.05) is 30.3 Å². The molecule has 3 nitrogen and oxygen atoms in total. The van der Waals surface area contributed by atoms with Gasteiger partial charge in [-0.2, -0.15) is 18.3 Å². The first-order valence-electron chi connectivity index (χ1n) is 7.03. The number of rotatable bonds is 3. The summed E-state index contributed by atoms with van der Waals surface area (Å²) < 4.78 is 37.6. The minimum Gasteiger partial charge on any atom is -0.272 e. The fourth-order valence-corrected chi connectivity index (χ4v) is 2.36. The number of benzene rings is 2.